The minimum absolute atomic E-state index is 0.266. The molecule has 2 heterocycles. The second-order valence-corrected chi connectivity index (χ2v) is 4.68. The van der Waals surface area contributed by atoms with Crippen LogP contribution in [0.5, 0.6) is 0 Å². The maximum atomic E-state index is 11.8. The van der Waals surface area contributed by atoms with Crippen LogP contribution < -0.4 is 10.9 Å². The molecule has 0 atom stereocenters. The van der Waals surface area contributed by atoms with E-state index in [0.717, 1.165) is 5.75 Å². The van der Waals surface area contributed by atoms with Crippen LogP contribution in [-0.2, 0) is 0 Å². The fourth-order valence-electron chi connectivity index (χ4n) is 1.30. The molecule has 19 heavy (non-hydrogen) atoms. The SMILES string of the molecule is CCSc1nnc(C(=O)Nc2ccncc2)c(=O)[nH]1. The third-order valence-corrected chi connectivity index (χ3v) is 2.86. The lowest BCUT2D eigenvalue weighted by molar-refractivity contribution is 0.101. The number of anilines is 1. The van der Waals surface area contributed by atoms with Crippen molar-refractivity contribution in [2.75, 3.05) is 11.1 Å². The highest BCUT2D eigenvalue weighted by Crippen LogP contribution is 2.08. The Hall–Kier alpha value is -2.22. The van der Waals surface area contributed by atoms with Crippen LogP contribution in [0.3, 0.4) is 0 Å². The monoisotopic (exact) mass is 277 g/mol. The highest BCUT2D eigenvalue weighted by Gasteiger charge is 2.14. The first-order valence-corrected chi connectivity index (χ1v) is 6.50. The Balaban J connectivity index is 2.18. The fraction of sp³-hybridized carbons (Fsp3) is 0.182. The smallest absolute Gasteiger partial charge is 0.283 e. The van der Waals surface area contributed by atoms with E-state index in [1.165, 1.54) is 24.2 Å². The van der Waals surface area contributed by atoms with E-state index >= 15 is 0 Å². The van der Waals surface area contributed by atoms with Gasteiger partial charge in [0, 0.05) is 18.1 Å². The summed E-state index contributed by atoms with van der Waals surface area (Å²) in [5, 5.41) is 10.4. The first kappa shape index (κ1) is 13.2. The van der Waals surface area contributed by atoms with E-state index in [4.69, 9.17) is 0 Å². The van der Waals surface area contributed by atoms with Gasteiger partial charge in [0.2, 0.25) is 5.69 Å². The fourth-order valence-corrected chi connectivity index (χ4v) is 1.83. The first-order chi connectivity index (χ1) is 9.20. The van der Waals surface area contributed by atoms with Crippen molar-refractivity contribution in [1.82, 2.24) is 20.2 Å². The van der Waals surface area contributed by atoms with E-state index in [1.54, 1.807) is 12.1 Å². The highest BCUT2D eigenvalue weighted by atomic mass is 32.2. The molecule has 98 valence electrons. The number of amides is 1. The number of hydrogen-bond acceptors (Lipinski definition) is 6. The standard InChI is InChI=1S/C11H11N5O2S/c1-2-19-11-14-10(18)8(15-16-11)9(17)13-7-3-5-12-6-4-7/h3-6H,2H2,1H3,(H,12,13,17)(H,14,16,18). The Morgan fingerprint density at radius 2 is 2.11 bits per heavy atom. The summed E-state index contributed by atoms with van der Waals surface area (Å²) in [5.41, 5.74) is -0.289. The predicted molar refractivity (Wildman–Crippen MR) is 71.2 cm³/mol. The molecular weight excluding hydrogens is 266 g/mol. The van der Waals surface area contributed by atoms with Gasteiger partial charge in [0.1, 0.15) is 0 Å². The van der Waals surface area contributed by atoms with Gasteiger partial charge in [-0.25, -0.2) is 0 Å². The van der Waals surface area contributed by atoms with E-state index in [-0.39, 0.29) is 5.69 Å². The van der Waals surface area contributed by atoms with Crippen LogP contribution in [0.15, 0.2) is 34.5 Å². The Kier molecular flexibility index (Phi) is 4.24. The maximum absolute atomic E-state index is 11.8. The number of carbonyl (C=O) groups excluding carboxylic acids is 1. The zero-order valence-corrected chi connectivity index (χ0v) is 10.9. The molecule has 0 aliphatic rings. The molecule has 7 nitrogen and oxygen atoms in total. The van der Waals surface area contributed by atoms with Crippen molar-refractivity contribution < 1.29 is 4.79 Å². The van der Waals surface area contributed by atoms with Gasteiger partial charge in [-0.05, 0) is 17.9 Å². The van der Waals surface area contributed by atoms with E-state index in [1.807, 2.05) is 6.92 Å². The molecule has 0 radical (unpaired) electrons. The molecule has 2 N–H and O–H groups in total. The van der Waals surface area contributed by atoms with Crippen LogP contribution >= 0.6 is 11.8 Å². The normalized spacial score (nSPS) is 10.2. The summed E-state index contributed by atoms with van der Waals surface area (Å²) in [6, 6.07) is 3.22. The summed E-state index contributed by atoms with van der Waals surface area (Å²) in [7, 11) is 0. The van der Waals surface area contributed by atoms with Crippen molar-refractivity contribution in [1.29, 1.82) is 0 Å². The average molecular weight is 277 g/mol. The van der Waals surface area contributed by atoms with Crippen LogP contribution in [0.4, 0.5) is 5.69 Å². The van der Waals surface area contributed by atoms with Crippen LogP contribution in [-0.4, -0.2) is 31.8 Å². The summed E-state index contributed by atoms with van der Waals surface area (Å²) in [6.45, 7) is 1.93. The van der Waals surface area contributed by atoms with E-state index < -0.39 is 11.5 Å². The van der Waals surface area contributed by atoms with Crippen LogP contribution in [0.2, 0.25) is 0 Å². The minimum atomic E-state index is -0.604. The van der Waals surface area contributed by atoms with Gasteiger partial charge < -0.3 is 5.32 Å². The number of aromatic amines is 1. The van der Waals surface area contributed by atoms with E-state index in [2.05, 4.69) is 25.5 Å². The van der Waals surface area contributed by atoms with Gasteiger partial charge >= 0.3 is 0 Å². The van der Waals surface area contributed by atoms with Gasteiger partial charge in [-0.15, -0.1) is 10.2 Å². The van der Waals surface area contributed by atoms with Gasteiger partial charge in [0.25, 0.3) is 11.5 Å². The maximum Gasteiger partial charge on any atom is 0.283 e. The van der Waals surface area contributed by atoms with Crippen LogP contribution in [0.1, 0.15) is 17.4 Å². The average Bonchev–Trinajstić information content (AvgIpc) is 2.40. The predicted octanol–water partition coefficient (Wildman–Crippen LogP) is 0.924. The summed E-state index contributed by atoms with van der Waals surface area (Å²) in [4.78, 5) is 29.9. The molecule has 2 aromatic rings. The highest BCUT2D eigenvalue weighted by molar-refractivity contribution is 7.99. The van der Waals surface area contributed by atoms with Crippen molar-refractivity contribution in [2.24, 2.45) is 0 Å². The summed E-state index contributed by atoms with van der Waals surface area (Å²) < 4.78 is 0. The van der Waals surface area contributed by atoms with Crippen LogP contribution in [0, 0.1) is 0 Å². The van der Waals surface area contributed by atoms with Crippen molar-refractivity contribution in [3.8, 4) is 0 Å². The molecule has 0 aromatic carbocycles. The molecule has 0 fully saturated rings. The van der Waals surface area contributed by atoms with Gasteiger partial charge in [-0.3, -0.25) is 19.6 Å². The third kappa shape index (κ3) is 3.38. The van der Waals surface area contributed by atoms with Gasteiger partial charge in [-0.1, -0.05) is 18.7 Å². The molecule has 0 aliphatic carbocycles. The zero-order valence-electron chi connectivity index (χ0n) is 10.1. The number of carbonyl (C=O) groups is 1. The van der Waals surface area contributed by atoms with E-state index in [9.17, 15) is 9.59 Å². The van der Waals surface area contributed by atoms with E-state index in [0.29, 0.717) is 10.8 Å². The molecule has 0 bridgehead atoms. The molecule has 0 spiro atoms. The summed E-state index contributed by atoms with van der Waals surface area (Å²) in [5.74, 6) is 0.153. The molecule has 2 aromatic heterocycles. The topological polar surface area (TPSA) is 101 Å². The Morgan fingerprint density at radius 3 is 2.74 bits per heavy atom. The Morgan fingerprint density at radius 1 is 1.37 bits per heavy atom. The third-order valence-electron chi connectivity index (χ3n) is 2.11. The number of H-pyrrole nitrogens is 1. The molecule has 1 amide bonds. The lowest BCUT2D eigenvalue weighted by atomic mass is 10.3. The minimum Gasteiger partial charge on any atom is -0.320 e. The molecule has 8 heteroatoms. The molecular formula is C11H11N5O2S. The summed E-state index contributed by atoms with van der Waals surface area (Å²) in [6.07, 6.45) is 3.07. The van der Waals surface area contributed by atoms with Crippen molar-refractivity contribution in [2.45, 2.75) is 12.1 Å². The molecule has 0 saturated heterocycles. The number of thioether (sulfide) groups is 1. The Bertz CT molecular complexity index is 628. The second kappa shape index (κ2) is 6.10. The quantitative estimate of drug-likeness (QED) is 0.806. The number of aromatic nitrogens is 4. The number of pyridine rings is 1. The number of nitrogens with zero attached hydrogens (tertiary/aromatic N) is 3. The molecule has 0 saturated carbocycles. The largest absolute Gasteiger partial charge is 0.320 e. The van der Waals surface area contributed by atoms with Crippen molar-refractivity contribution >= 4 is 23.4 Å². The molecule has 0 aliphatic heterocycles. The molecule has 2 rings (SSSR count). The van der Waals surface area contributed by atoms with Crippen LogP contribution in [0.25, 0.3) is 0 Å². The van der Waals surface area contributed by atoms with Crippen molar-refractivity contribution in [3.63, 3.8) is 0 Å². The van der Waals surface area contributed by atoms with Gasteiger partial charge in [-0.2, -0.15) is 0 Å². The van der Waals surface area contributed by atoms with Gasteiger partial charge in [0.05, 0.1) is 0 Å². The Labute approximate surface area is 112 Å². The van der Waals surface area contributed by atoms with Gasteiger partial charge in [0.15, 0.2) is 5.16 Å². The molecule has 0 unspecified atom stereocenters. The first-order valence-electron chi connectivity index (χ1n) is 5.52. The lowest BCUT2D eigenvalue weighted by Crippen LogP contribution is -2.26. The number of hydrogen-bond donors (Lipinski definition) is 2. The second-order valence-electron chi connectivity index (χ2n) is 3.43. The summed E-state index contributed by atoms with van der Waals surface area (Å²) >= 11 is 1.34. The lowest BCUT2D eigenvalue weighted by Gasteiger charge is -2.03. The zero-order chi connectivity index (χ0) is 13.7. The number of rotatable bonds is 4. The van der Waals surface area contributed by atoms with Crippen molar-refractivity contribution in [3.05, 3.63) is 40.6 Å². The number of nitrogens with one attached hydrogen (secondary N) is 2.